The van der Waals surface area contributed by atoms with Gasteiger partial charge in [0.2, 0.25) is 11.2 Å². The first-order valence-electron chi connectivity index (χ1n) is 7.23. The highest BCUT2D eigenvalue weighted by Gasteiger charge is 2.30. The topological polar surface area (TPSA) is 44.2 Å². The van der Waals surface area contributed by atoms with Crippen LogP contribution >= 0.6 is 11.6 Å². The van der Waals surface area contributed by atoms with Crippen LogP contribution in [0.2, 0.25) is 5.28 Å². The van der Waals surface area contributed by atoms with E-state index in [0.717, 1.165) is 12.8 Å². The molecule has 0 spiro atoms. The van der Waals surface area contributed by atoms with Gasteiger partial charge in [-0.3, -0.25) is 0 Å². The number of hydrogen-bond acceptors (Lipinski definition) is 4. The Kier molecular flexibility index (Phi) is 5.86. The number of nitrogens with zero attached hydrogens (tertiary/aromatic N) is 2. The van der Waals surface area contributed by atoms with Crippen molar-refractivity contribution in [3.8, 4) is 5.88 Å². The zero-order valence-corrected chi connectivity index (χ0v) is 13.0. The van der Waals surface area contributed by atoms with Crippen molar-refractivity contribution in [2.24, 2.45) is 5.92 Å². The summed E-state index contributed by atoms with van der Waals surface area (Å²) in [7, 11) is 0. The van der Waals surface area contributed by atoms with Gasteiger partial charge < -0.3 is 9.47 Å². The quantitative estimate of drug-likeness (QED) is 0.661. The number of ether oxygens (including phenoxy) is 2. The van der Waals surface area contributed by atoms with Crippen molar-refractivity contribution in [1.29, 1.82) is 0 Å². The second-order valence-corrected chi connectivity index (χ2v) is 5.70. The van der Waals surface area contributed by atoms with Crippen LogP contribution in [-0.2, 0) is 4.74 Å². The molecule has 1 heterocycles. The minimum Gasteiger partial charge on any atom is -0.477 e. The van der Waals surface area contributed by atoms with Gasteiger partial charge in [-0.1, -0.05) is 13.3 Å². The van der Waals surface area contributed by atoms with Gasteiger partial charge in [0.05, 0.1) is 12.3 Å². The first-order chi connectivity index (χ1) is 10.4. The Morgan fingerprint density at radius 2 is 2.09 bits per heavy atom. The maximum atomic E-state index is 12.3. The molecule has 1 aromatic rings. The Balaban J connectivity index is 2.07. The molecule has 2 rings (SSSR count). The van der Waals surface area contributed by atoms with Gasteiger partial charge in [-0.25, -0.2) is 4.98 Å². The van der Waals surface area contributed by atoms with E-state index in [1.54, 1.807) is 0 Å². The zero-order valence-electron chi connectivity index (χ0n) is 12.2. The lowest BCUT2D eigenvalue weighted by Crippen LogP contribution is -2.20. The lowest BCUT2D eigenvalue weighted by molar-refractivity contribution is -0.187. The van der Waals surface area contributed by atoms with Crippen LogP contribution in [0.5, 0.6) is 5.88 Å². The van der Waals surface area contributed by atoms with Crippen molar-refractivity contribution in [1.82, 2.24) is 9.97 Å². The van der Waals surface area contributed by atoms with Gasteiger partial charge in [0.15, 0.2) is 0 Å². The molecule has 1 unspecified atom stereocenters. The summed E-state index contributed by atoms with van der Waals surface area (Å²) < 4.78 is 47.5. The zero-order chi connectivity index (χ0) is 16.2. The van der Waals surface area contributed by atoms with E-state index in [4.69, 9.17) is 21.1 Å². The summed E-state index contributed by atoms with van der Waals surface area (Å²) in [6.45, 7) is 1.07. The third-order valence-electron chi connectivity index (χ3n) is 3.19. The maximum Gasteiger partial charge on any atom is 0.411 e. The lowest BCUT2D eigenvalue weighted by atomic mass is 10.1. The molecule has 0 aliphatic heterocycles. The van der Waals surface area contributed by atoms with Crippen LogP contribution < -0.4 is 4.74 Å². The molecule has 0 bridgehead atoms. The Labute approximate surface area is 132 Å². The second kappa shape index (κ2) is 7.46. The normalized spacial score (nSPS) is 16.6. The summed E-state index contributed by atoms with van der Waals surface area (Å²) >= 11 is 5.84. The molecule has 4 nitrogen and oxygen atoms in total. The van der Waals surface area contributed by atoms with E-state index in [2.05, 4.69) is 9.97 Å². The van der Waals surface area contributed by atoms with E-state index in [1.165, 1.54) is 6.07 Å². The van der Waals surface area contributed by atoms with E-state index in [0.29, 0.717) is 31.1 Å². The summed E-state index contributed by atoms with van der Waals surface area (Å²) in [5, 5.41) is -0.0555. The van der Waals surface area contributed by atoms with Crippen molar-refractivity contribution in [2.75, 3.05) is 13.2 Å². The van der Waals surface area contributed by atoms with Gasteiger partial charge in [0.1, 0.15) is 12.7 Å². The summed E-state index contributed by atoms with van der Waals surface area (Å²) in [5.74, 6) is 0.809. The molecule has 1 aromatic heterocycles. The standard InChI is InChI=1S/C14H18ClF3N2O2/c1-2-3-11(22-8-14(16,17)18)10-6-12(20-13(15)19-10)21-7-9-4-5-9/h6,9,11H,2-5,7-8H2,1H3. The summed E-state index contributed by atoms with van der Waals surface area (Å²) in [5.41, 5.74) is 0.317. The van der Waals surface area contributed by atoms with Crippen LogP contribution in [0.1, 0.15) is 44.4 Å². The first kappa shape index (κ1) is 17.3. The van der Waals surface area contributed by atoms with Gasteiger partial charge in [0.25, 0.3) is 0 Å². The minimum absolute atomic E-state index is 0.0555. The Bertz CT molecular complexity index is 495. The molecular weight excluding hydrogens is 321 g/mol. The van der Waals surface area contributed by atoms with Crippen LogP contribution in [-0.4, -0.2) is 29.4 Å². The van der Waals surface area contributed by atoms with Gasteiger partial charge in [-0.2, -0.15) is 18.2 Å². The average molecular weight is 339 g/mol. The highest BCUT2D eigenvalue weighted by atomic mass is 35.5. The molecule has 1 fully saturated rings. The largest absolute Gasteiger partial charge is 0.477 e. The summed E-state index contributed by atoms with van der Waals surface area (Å²) in [6, 6.07) is 1.50. The van der Waals surface area contributed by atoms with Crippen LogP contribution in [0.25, 0.3) is 0 Å². The monoisotopic (exact) mass is 338 g/mol. The fourth-order valence-corrected chi connectivity index (χ4v) is 2.09. The van der Waals surface area contributed by atoms with Crippen molar-refractivity contribution in [2.45, 2.75) is 44.9 Å². The maximum absolute atomic E-state index is 12.3. The van der Waals surface area contributed by atoms with Crippen molar-refractivity contribution >= 4 is 11.6 Å². The van der Waals surface area contributed by atoms with E-state index in [9.17, 15) is 13.2 Å². The lowest BCUT2D eigenvalue weighted by Gasteiger charge is -2.18. The molecule has 1 aliphatic rings. The number of alkyl halides is 3. The van der Waals surface area contributed by atoms with Crippen LogP contribution in [0, 0.1) is 5.92 Å². The van der Waals surface area contributed by atoms with Crippen molar-refractivity contribution in [3.05, 3.63) is 17.0 Å². The number of hydrogen-bond donors (Lipinski definition) is 0. The highest BCUT2D eigenvalue weighted by Crippen LogP contribution is 2.31. The molecule has 22 heavy (non-hydrogen) atoms. The average Bonchev–Trinajstić information content (AvgIpc) is 3.23. The van der Waals surface area contributed by atoms with E-state index in [-0.39, 0.29) is 11.2 Å². The number of aromatic nitrogens is 2. The molecule has 1 atom stereocenters. The molecule has 1 saturated carbocycles. The van der Waals surface area contributed by atoms with E-state index in [1.807, 2.05) is 6.92 Å². The Hall–Kier alpha value is -1.08. The second-order valence-electron chi connectivity index (χ2n) is 5.36. The van der Waals surface area contributed by atoms with Crippen molar-refractivity contribution in [3.63, 3.8) is 0 Å². The number of rotatable bonds is 8. The molecule has 1 aliphatic carbocycles. The predicted octanol–water partition coefficient (Wildman–Crippen LogP) is 4.34. The molecule has 0 amide bonds. The van der Waals surface area contributed by atoms with Gasteiger partial charge >= 0.3 is 6.18 Å². The predicted molar refractivity (Wildman–Crippen MR) is 74.9 cm³/mol. The first-order valence-corrected chi connectivity index (χ1v) is 7.61. The third kappa shape index (κ3) is 5.96. The van der Waals surface area contributed by atoms with Crippen LogP contribution in [0.15, 0.2) is 6.07 Å². The third-order valence-corrected chi connectivity index (χ3v) is 3.36. The fraction of sp³-hybridized carbons (Fsp3) is 0.714. The van der Waals surface area contributed by atoms with Gasteiger partial charge in [-0.05, 0) is 36.8 Å². The SMILES string of the molecule is CCCC(OCC(F)(F)F)c1cc(OCC2CC2)nc(Cl)n1. The minimum atomic E-state index is -4.38. The molecule has 0 radical (unpaired) electrons. The number of halogens is 4. The fourth-order valence-electron chi connectivity index (χ4n) is 1.91. The molecule has 124 valence electrons. The Morgan fingerprint density at radius 3 is 2.68 bits per heavy atom. The molecule has 0 saturated heterocycles. The molecule has 0 N–H and O–H groups in total. The summed E-state index contributed by atoms with van der Waals surface area (Å²) in [6.07, 6.45) is -1.85. The van der Waals surface area contributed by atoms with Crippen LogP contribution in [0.3, 0.4) is 0 Å². The van der Waals surface area contributed by atoms with Gasteiger partial charge in [-0.15, -0.1) is 0 Å². The van der Waals surface area contributed by atoms with Crippen molar-refractivity contribution < 1.29 is 22.6 Å². The van der Waals surface area contributed by atoms with E-state index >= 15 is 0 Å². The molecule has 0 aromatic carbocycles. The molecule has 8 heteroatoms. The van der Waals surface area contributed by atoms with Crippen LogP contribution in [0.4, 0.5) is 13.2 Å². The molecular formula is C14H18ClF3N2O2. The Morgan fingerprint density at radius 1 is 1.36 bits per heavy atom. The highest BCUT2D eigenvalue weighted by molar-refractivity contribution is 6.28. The summed E-state index contributed by atoms with van der Waals surface area (Å²) in [4.78, 5) is 7.92. The van der Waals surface area contributed by atoms with Gasteiger partial charge in [0, 0.05) is 6.07 Å². The smallest absolute Gasteiger partial charge is 0.411 e. The van der Waals surface area contributed by atoms with E-state index < -0.39 is 18.9 Å².